The molecule has 1 aliphatic rings. The fourth-order valence-corrected chi connectivity index (χ4v) is 4.54. The van der Waals surface area contributed by atoms with Crippen molar-refractivity contribution >= 4 is 12.0 Å². The van der Waals surface area contributed by atoms with E-state index in [2.05, 4.69) is 10.6 Å². The van der Waals surface area contributed by atoms with E-state index in [9.17, 15) is 19.8 Å². The number of hydrogen-bond acceptors (Lipinski definition) is 5. The lowest BCUT2D eigenvalue weighted by Crippen LogP contribution is -2.51. The van der Waals surface area contributed by atoms with E-state index in [1.165, 1.54) is 0 Å². The van der Waals surface area contributed by atoms with Crippen molar-refractivity contribution < 1.29 is 24.5 Å². The Labute approximate surface area is 201 Å². The fraction of sp³-hybridized carbons (Fsp3) is 0.481. The first-order chi connectivity index (χ1) is 16.1. The first-order valence-corrected chi connectivity index (χ1v) is 11.9. The number of aliphatic hydroxyl groups is 1. The molecule has 0 bridgehead atoms. The van der Waals surface area contributed by atoms with Crippen LogP contribution >= 0.6 is 0 Å². The average Bonchev–Trinajstić information content (AvgIpc) is 3.27. The lowest BCUT2D eigenvalue weighted by molar-refractivity contribution is -0.127. The Bertz CT molecular complexity index is 940. The van der Waals surface area contributed by atoms with Crippen LogP contribution in [-0.2, 0) is 22.5 Å². The highest BCUT2D eigenvalue weighted by Crippen LogP contribution is 2.36. The molecular formula is C27H36N2O5. The van der Waals surface area contributed by atoms with Crippen LogP contribution in [0.4, 0.5) is 4.79 Å². The maximum Gasteiger partial charge on any atom is 0.407 e. The van der Waals surface area contributed by atoms with Crippen LogP contribution in [0.25, 0.3) is 0 Å². The SMILES string of the molecule is CC(C)(C)OC(=O)N[C@@H](Cc1ccc(O)cc1)[C@@H](O)[C@@H]1CCC[C@H]1C(=O)NCc1ccccc1. The lowest BCUT2D eigenvalue weighted by Gasteiger charge is -2.32. The molecule has 184 valence electrons. The second-order valence-electron chi connectivity index (χ2n) is 10.0. The molecular weight excluding hydrogens is 432 g/mol. The maximum atomic E-state index is 13.0. The number of alkyl carbamates (subject to hydrolysis) is 1. The molecule has 4 N–H and O–H groups in total. The number of rotatable bonds is 8. The molecule has 1 fully saturated rings. The number of ether oxygens (including phenoxy) is 1. The lowest BCUT2D eigenvalue weighted by atomic mass is 9.84. The topological polar surface area (TPSA) is 108 Å². The third-order valence-electron chi connectivity index (χ3n) is 6.16. The second-order valence-corrected chi connectivity index (χ2v) is 10.0. The Morgan fingerprint density at radius 1 is 1.03 bits per heavy atom. The van der Waals surface area contributed by atoms with Crippen LogP contribution in [-0.4, -0.2) is 40.0 Å². The Balaban J connectivity index is 1.71. The summed E-state index contributed by atoms with van der Waals surface area (Å²) in [6, 6.07) is 15.7. The minimum atomic E-state index is -0.934. The van der Waals surface area contributed by atoms with Gasteiger partial charge in [-0.25, -0.2) is 4.79 Å². The third-order valence-corrected chi connectivity index (χ3v) is 6.16. The van der Waals surface area contributed by atoms with Crippen LogP contribution in [0.15, 0.2) is 54.6 Å². The largest absolute Gasteiger partial charge is 0.508 e. The third kappa shape index (κ3) is 7.48. The van der Waals surface area contributed by atoms with E-state index in [-0.39, 0.29) is 23.5 Å². The highest BCUT2D eigenvalue weighted by atomic mass is 16.6. The molecule has 0 radical (unpaired) electrons. The number of nitrogens with one attached hydrogen (secondary N) is 2. The van der Waals surface area contributed by atoms with E-state index >= 15 is 0 Å². The number of phenolic OH excluding ortho intramolecular Hbond substituents is 1. The van der Waals surface area contributed by atoms with Crippen LogP contribution in [0.2, 0.25) is 0 Å². The standard InChI is InChI=1S/C27H36N2O5/c1-27(2,3)34-26(33)29-23(16-18-12-14-20(30)15-13-18)24(31)21-10-7-11-22(21)25(32)28-17-19-8-5-4-6-9-19/h4-6,8-9,12-15,21-24,30-31H,7,10-11,16-17H2,1-3H3,(H,28,32)(H,29,33)/t21-,22-,23+,24+/m1/s1. The van der Waals surface area contributed by atoms with Crippen LogP contribution in [0.3, 0.4) is 0 Å². The average molecular weight is 469 g/mol. The molecule has 1 aliphatic carbocycles. The molecule has 0 aliphatic heterocycles. The Morgan fingerprint density at radius 3 is 2.35 bits per heavy atom. The van der Waals surface area contributed by atoms with E-state index < -0.39 is 23.8 Å². The van der Waals surface area contributed by atoms with Gasteiger partial charge in [0, 0.05) is 12.5 Å². The molecule has 0 unspecified atom stereocenters. The van der Waals surface area contributed by atoms with Gasteiger partial charge in [0.25, 0.3) is 0 Å². The number of hydrogen-bond donors (Lipinski definition) is 4. The van der Waals surface area contributed by atoms with Gasteiger partial charge in [0.15, 0.2) is 0 Å². The van der Waals surface area contributed by atoms with Gasteiger partial charge in [0.1, 0.15) is 11.4 Å². The minimum Gasteiger partial charge on any atom is -0.508 e. The quantitative estimate of drug-likeness (QED) is 0.470. The molecule has 1 saturated carbocycles. The van der Waals surface area contributed by atoms with Crippen molar-refractivity contribution in [3.8, 4) is 5.75 Å². The normalized spacial score (nSPS) is 19.8. The number of aromatic hydroxyl groups is 1. The number of carbonyl (C=O) groups is 2. The maximum absolute atomic E-state index is 13.0. The van der Waals surface area contributed by atoms with Crippen LogP contribution in [0.1, 0.15) is 51.2 Å². The predicted molar refractivity (Wildman–Crippen MR) is 130 cm³/mol. The predicted octanol–water partition coefficient (Wildman–Crippen LogP) is 3.92. The van der Waals surface area contributed by atoms with Gasteiger partial charge in [-0.2, -0.15) is 0 Å². The number of aliphatic hydroxyl groups excluding tert-OH is 1. The summed E-state index contributed by atoms with van der Waals surface area (Å²) >= 11 is 0. The molecule has 0 aromatic heterocycles. The molecule has 0 spiro atoms. The van der Waals surface area contributed by atoms with E-state index in [1.807, 2.05) is 30.3 Å². The molecule has 7 heteroatoms. The van der Waals surface area contributed by atoms with Gasteiger partial charge in [-0.05, 0) is 69.2 Å². The summed E-state index contributed by atoms with van der Waals surface area (Å²) in [7, 11) is 0. The van der Waals surface area contributed by atoms with Gasteiger partial charge in [-0.15, -0.1) is 0 Å². The highest BCUT2D eigenvalue weighted by Gasteiger charge is 2.41. The smallest absolute Gasteiger partial charge is 0.407 e. The number of carbonyl (C=O) groups excluding carboxylic acids is 2. The van der Waals surface area contributed by atoms with Gasteiger partial charge in [0.05, 0.1) is 12.1 Å². The number of amides is 2. The summed E-state index contributed by atoms with van der Waals surface area (Å²) in [5.41, 5.74) is 1.19. The number of benzene rings is 2. The summed E-state index contributed by atoms with van der Waals surface area (Å²) in [4.78, 5) is 25.5. The van der Waals surface area contributed by atoms with Crippen LogP contribution in [0.5, 0.6) is 5.75 Å². The van der Waals surface area contributed by atoms with Crippen molar-refractivity contribution in [3.63, 3.8) is 0 Å². The van der Waals surface area contributed by atoms with E-state index in [1.54, 1.807) is 45.0 Å². The monoisotopic (exact) mass is 468 g/mol. The van der Waals surface area contributed by atoms with Crippen LogP contribution < -0.4 is 10.6 Å². The van der Waals surface area contributed by atoms with Gasteiger partial charge in [0.2, 0.25) is 5.91 Å². The first-order valence-electron chi connectivity index (χ1n) is 11.9. The Morgan fingerprint density at radius 2 is 1.71 bits per heavy atom. The Hall–Kier alpha value is -3.06. The van der Waals surface area contributed by atoms with Crippen molar-refractivity contribution in [3.05, 3.63) is 65.7 Å². The molecule has 3 rings (SSSR count). The van der Waals surface area contributed by atoms with E-state index in [0.717, 1.165) is 17.5 Å². The van der Waals surface area contributed by atoms with Crippen molar-refractivity contribution in [1.29, 1.82) is 0 Å². The molecule has 2 aromatic rings. The van der Waals surface area contributed by atoms with Gasteiger partial charge < -0.3 is 25.6 Å². The van der Waals surface area contributed by atoms with Crippen molar-refractivity contribution in [2.24, 2.45) is 11.8 Å². The fourth-order valence-electron chi connectivity index (χ4n) is 4.54. The highest BCUT2D eigenvalue weighted by molar-refractivity contribution is 5.79. The zero-order chi connectivity index (χ0) is 24.7. The summed E-state index contributed by atoms with van der Waals surface area (Å²) in [6.45, 7) is 5.78. The Kier molecular flexibility index (Phi) is 8.56. The summed E-state index contributed by atoms with van der Waals surface area (Å²) < 4.78 is 5.42. The number of phenols is 1. The summed E-state index contributed by atoms with van der Waals surface area (Å²) in [6.07, 6.45) is 1.03. The van der Waals surface area contributed by atoms with Gasteiger partial charge in [-0.3, -0.25) is 4.79 Å². The molecule has 0 heterocycles. The molecule has 7 nitrogen and oxygen atoms in total. The first kappa shape index (κ1) is 25.6. The van der Waals surface area contributed by atoms with Crippen molar-refractivity contribution in [2.75, 3.05) is 0 Å². The summed E-state index contributed by atoms with van der Waals surface area (Å²) in [5, 5.41) is 26.8. The van der Waals surface area contributed by atoms with Gasteiger partial charge in [-0.1, -0.05) is 48.9 Å². The van der Waals surface area contributed by atoms with Crippen LogP contribution in [0, 0.1) is 11.8 Å². The molecule has 34 heavy (non-hydrogen) atoms. The molecule has 2 amide bonds. The molecule has 2 aromatic carbocycles. The molecule has 0 saturated heterocycles. The van der Waals surface area contributed by atoms with Crippen molar-refractivity contribution in [1.82, 2.24) is 10.6 Å². The van der Waals surface area contributed by atoms with E-state index in [4.69, 9.17) is 4.74 Å². The van der Waals surface area contributed by atoms with E-state index in [0.29, 0.717) is 25.8 Å². The zero-order valence-corrected chi connectivity index (χ0v) is 20.2. The van der Waals surface area contributed by atoms with Gasteiger partial charge >= 0.3 is 6.09 Å². The minimum absolute atomic E-state index is 0.0777. The second kappa shape index (κ2) is 11.4. The van der Waals surface area contributed by atoms with Crippen molar-refractivity contribution in [2.45, 2.75) is 70.7 Å². The summed E-state index contributed by atoms with van der Waals surface area (Å²) in [5.74, 6) is -0.549. The zero-order valence-electron chi connectivity index (χ0n) is 20.2. The molecule has 4 atom stereocenters.